The average Bonchev–Trinajstić information content (AvgIpc) is 2.80. The van der Waals surface area contributed by atoms with Gasteiger partial charge < -0.3 is 4.90 Å². The zero-order chi connectivity index (χ0) is 15.4. The number of Topliss-reactive ketones (excluding diaryl/α,β-unsaturated/α-hetero) is 1. The van der Waals surface area contributed by atoms with E-state index in [0.717, 1.165) is 28.5 Å². The summed E-state index contributed by atoms with van der Waals surface area (Å²) in [4.78, 5) is 13.9. The molecule has 0 fully saturated rings. The van der Waals surface area contributed by atoms with Crippen LogP contribution < -0.4 is 0 Å². The van der Waals surface area contributed by atoms with Crippen LogP contribution in [0.2, 0.25) is 0 Å². The van der Waals surface area contributed by atoms with Crippen molar-refractivity contribution in [3.63, 3.8) is 0 Å². The third-order valence-electron chi connectivity index (χ3n) is 2.98. The standard InChI is InChI=1S/C15H14BrF2NOS/c1-19(8-10-4-15(16)21-9-10)3-2-14(20)11-5-12(17)7-13(18)6-11/h4-7,9H,2-3,8H2,1H3. The molecule has 0 radical (unpaired) electrons. The van der Waals surface area contributed by atoms with Gasteiger partial charge in [0.2, 0.25) is 0 Å². The lowest BCUT2D eigenvalue weighted by Crippen LogP contribution is -2.21. The van der Waals surface area contributed by atoms with Gasteiger partial charge in [0.25, 0.3) is 0 Å². The zero-order valence-electron chi connectivity index (χ0n) is 11.4. The number of hydrogen-bond donors (Lipinski definition) is 0. The summed E-state index contributed by atoms with van der Waals surface area (Å²) in [5.41, 5.74) is 1.25. The van der Waals surface area contributed by atoms with Crippen molar-refractivity contribution in [2.75, 3.05) is 13.6 Å². The van der Waals surface area contributed by atoms with E-state index in [-0.39, 0.29) is 17.8 Å². The van der Waals surface area contributed by atoms with Crippen LogP contribution in [0.25, 0.3) is 0 Å². The largest absolute Gasteiger partial charge is 0.302 e. The Labute approximate surface area is 134 Å². The van der Waals surface area contributed by atoms with Crippen LogP contribution in [-0.4, -0.2) is 24.3 Å². The quantitative estimate of drug-likeness (QED) is 0.695. The molecule has 2 rings (SSSR count). The van der Waals surface area contributed by atoms with Crippen molar-refractivity contribution in [2.45, 2.75) is 13.0 Å². The number of ketones is 1. The van der Waals surface area contributed by atoms with Crippen LogP contribution in [0, 0.1) is 11.6 Å². The summed E-state index contributed by atoms with van der Waals surface area (Å²) in [6, 6.07) is 4.94. The van der Waals surface area contributed by atoms with Crippen LogP contribution in [0.3, 0.4) is 0 Å². The molecular formula is C15H14BrF2NOS. The Bertz CT molecular complexity index is 624. The van der Waals surface area contributed by atoms with Gasteiger partial charge in [0, 0.05) is 31.1 Å². The smallest absolute Gasteiger partial charge is 0.164 e. The second kappa shape index (κ2) is 7.24. The summed E-state index contributed by atoms with van der Waals surface area (Å²) in [7, 11) is 1.91. The molecule has 0 saturated heterocycles. The second-order valence-corrected chi connectivity index (χ2v) is 7.12. The molecular weight excluding hydrogens is 360 g/mol. The van der Waals surface area contributed by atoms with Crippen molar-refractivity contribution in [1.29, 1.82) is 0 Å². The lowest BCUT2D eigenvalue weighted by atomic mass is 10.1. The first kappa shape index (κ1) is 16.3. The molecule has 0 bridgehead atoms. The fourth-order valence-corrected chi connectivity index (χ4v) is 3.17. The highest BCUT2D eigenvalue weighted by molar-refractivity contribution is 9.11. The summed E-state index contributed by atoms with van der Waals surface area (Å²) < 4.78 is 27.2. The fourth-order valence-electron chi connectivity index (χ4n) is 1.97. The fraction of sp³-hybridized carbons (Fsp3) is 0.267. The van der Waals surface area contributed by atoms with E-state index in [2.05, 4.69) is 15.9 Å². The lowest BCUT2D eigenvalue weighted by molar-refractivity contribution is 0.0967. The highest BCUT2D eigenvalue weighted by Crippen LogP contribution is 2.21. The number of rotatable bonds is 6. The first-order chi connectivity index (χ1) is 9.94. The molecule has 6 heteroatoms. The van der Waals surface area contributed by atoms with E-state index in [4.69, 9.17) is 0 Å². The van der Waals surface area contributed by atoms with Crippen molar-refractivity contribution in [2.24, 2.45) is 0 Å². The predicted molar refractivity (Wildman–Crippen MR) is 83.7 cm³/mol. The molecule has 2 aromatic rings. The number of carbonyl (C=O) groups excluding carboxylic acids is 1. The highest BCUT2D eigenvalue weighted by atomic mass is 79.9. The van der Waals surface area contributed by atoms with Gasteiger partial charge >= 0.3 is 0 Å². The monoisotopic (exact) mass is 373 g/mol. The number of hydrogen-bond acceptors (Lipinski definition) is 3. The first-order valence-corrected chi connectivity index (χ1v) is 8.02. The Hall–Kier alpha value is -1.11. The average molecular weight is 374 g/mol. The summed E-state index contributed by atoms with van der Waals surface area (Å²) >= 11 is 5.01. The van der Waals surface area contributed by atoms with Gasteiger partial charge in [0.1, 0.15) is 11.6 Å². The van der Waals surface area contributed by atoms with Gasteiger partial charge in [-0.25, -0.2) is 8.78 Å². The van der Waals surface area contributed by atoms with Crippen LogP contribution >= 0.6 is 27.3 Å². The van der Waals surface area contributed by atoms with Crippen molar-refractivity contribution in [3.05, 3.63) is 56.2 Å². The number of nitrogens with zero attached hydrogens (tertiary/aromatic N) is 1. The van der Waals surface area contributed by atoms with E-state index in [1.807, 2.05) is 23.4 Å². The van der Waals surface area contributed by atoms with E-state index in [9.17, 15) is 13.6 Å². The Morgan fingerprint density at radius 1 is 1.24 bits per heavy atom. The van der Waals surface area contributed by atoms with Crippen LogP contribution in [0.4, 0.5) is 8.78 Å². The maximum absolute atomic E-state index is 13.1. The molecule has 0 spiro atoms. The molecule has 112 valence electrons. The minimum absolute atomic E-state index is 0.0826. The Morgan fingerprint density at radius 3 is 2.48 bits per heavy atom. The number of halogens is 3. The molecule has 1 aromatic heterocycles. The summed E-state index contributed by atoms with van der Waals surface area (Å²) in [5.74, 6) is -1.71. The van der Waals surface area contributed by atoms with Crippen molar-refractivity contribution in [3.8, 4) is 0 Å². The van der Waals surface area contributed by atoms with Crippen LogP contribution in [0.1, 0.15) is 22.3 Å². The Balaban J connectivity index is 1.88. The molecule has 1 aromatic carbocycles. The molecule has 0 saturated carbocycles. The minimum atomic E-state index is -0.727. The molecule has 0 unspecified atom stereocenters. The van der Waals surface area contributed by atoms with E-state index in [1.165, 1.54) is 5.56 Å². The third kappa shape index (κ3) is 4.98. The Morgan fingerprint density at radius 2 is 1.90 bits per heavy atom. The molecule has 0 aliphatic heterocycles. The summed E-state index contributed by atoms with van der Waals surface area (Å²) in [6.45, 7) is 1.26. The van der Waals surface area contributed by atoms with Crippen LogP contribution in [0.15, 0.2) is 33.4 Å². The number of benzene rings is 1. The van der Waals surface area contributed by atoms with Crippen LogP contribution in [-0.2, 0) is 6.54 Å². The molecule has 0 N–H and O–H groups in total. The predicted octanol–water partition coefficient (Wildman–Crippen LogP) is 4.49. The summed E-state index contributed by atoms with van der Waals surface area (Å²) in [5, 5.41) is 2.05. The molecule has 0 aliphatic rings. The number of carbonyl (C=O) groups is 1. The topological polar surface area (TPSA) is 20.3 Å². The maximum Gasteiger partial charge on any atom is 0.164 e. The maximum atomic E-state index is 13.1. The Kier molecular flexibility index (Phi) is 5.61. The van der Waals surface area contributed by atoms with Crippen LogP contribution in [0.5, 0.6) is 0 Å². The normalized spacial score (nSPS) is 11.1. The van der Waals surface area contributed by atoms with Crippen molar-refractivity contribution < 1.29 is 13.6 Å². The minimum Gasteiger partial charge on any atom is -0.302 e. The van der Waals surface area contributed by atoms with Gasteiger partial charge in [-0.05, 0) is 52.1 Å². The first-order valence-electron chi connectivity index (χ1n) is 6.35. The molecule has 2 nitrogen and oxygen atoms in total. The van der Waals surface area contributed by atoms with E-state index >= 15 is 0 Å². The molecule has 21 heavy (non-hydrogen) atoms. The molecule has 0 amide bonds. The van der Waals surface area contributed by atoms with Crippen molar-refractivity contribution >= 4 is 33.0 Å². The molecule has 0 atom stereocenters. The second-order valence-electron chi connectivity index (χ2n) is 4.83. The lowest BCUT2D eigenvalue weighted by Gasteiger charge is -2.15. The van der Waals surface area contributed by atoms with E-state index in [1.54, 1.807) is 11.3 Å². The van der Waals surface area contributed by atoms with Crippen molar-refractivity contribution in [1.82, 2.24) is 4.90 Å². The van der Waals surface area contributed by atoms with E-state index in [0.29, 0.717) is 6.54 Å². The van der Waals surface area contributed by atoms with Gasteiger partial charge in [-0.15, -0.1) is 11.3 Å². The van der Waals surface area contributed by atoms with Gasteiger partial charge in [-0.2, -0.15) is 0 Å². The third-order valence-corrected chi connectivity index (χ3v) is 4.53. The van der Waals surface area contributed by atoms with Gasteiger partial charge in [0.05, 0.1) is 3.79 Å². The van der Waals surface area contributed by atoms with Gasteiger partial charge in [-0.3, -0.25) is 4.79 Å². The van der Waals surface area contributed by atoms with E-state index < -0.39 is 11.6 Å². The number of thiophene rings is 1. The van der Waals surface area contributed by atoms with Gasteiger partial charge in [-0.1, -0.05) is 0 Å². The van der Waals surface area contributed by atoms with Gasteiger partial charge in [0.15, 0.2) is 5.78 Å². The molecule has 0 aliphatic carbocycles. The summed E-state index contributed by atoms with van der Waals surface area (Å²) in [6.07, 6.45) is 0.227. The zero-order valence-corrected chi connectivity index (χ0v) is 13.8. The molecule has 1 heterocycles. The highest BCUT2D eigenvalue weighted by Gasteiger charge is 2.11. The SMILES string of the molecule is CN(CCC(=O)c1cc(F)cc(F)c1)Cc1csc(Br)c1.